The second kappa shape index (κ2) is 17.2. The monoisotopic (exact) mass is 872 g/mol. The number of fused-ring (bicyclic) bond motifs is 5. The molecule has 0 saturated heterocycles. The summed E-state index contributed by atoms with van der Waals surface area (Å²) in [7, 11) is 2.14. The SMILES string of the molecule is C=C1/C=C\C=C/Cc2ccccc2N1c1cc(-c2ccc(-c3ccc(C4=CC(c5ccccc5)N(C)C(c5ccccc5)=N4)c4ccccc34)cc2)cc(-n2c3ccccc3c3ccccc32)c1. The summed E-state index contributed by atoms with van der Waals surface area (Å²) < 4.78 is 2.41. The third-order valence-corrected chi connectivity index (χ3v) is 13.6. The van der Waals surface area contributed by atoms with Crippen LogP contribution in [0.2, 0.25) is 0 Å². The number of benzene rings is 9. The topological polar surface area (TPSA) is 23.8 Å². The summed E-state index contributed by atoms with van der Waals surface area (Å²) in [6.45, 7) is 4.64. The van der Waals surface area contributed by atoms with Crippen LogP contribution in [0.1, 0.15) is 28.3 Å². The number of para-hydroxylation sites is 3. The van der Waals surface area contributed by atoms with Crippen molar-refractivity contribution in [3.63, 3.8) is 0 Å². The minimum Gasteiger partial charge on any atom is -0.349 e. The number of anilines is 2. The van der Waals surface area contributed by atoms with Crippen molar-refractivity contribution < 1.29 is 0 Å². The number of hydrogen-bond acceptors (Lipinski definition) is 3. The molecule has 3 heterocycles. The fourth-order valence-corrected chi connectivity index (χ4v) is 10.3. The van der Waals surface area contributed by atoms with Crippen LogP contribution in [0.15, 0.2) is 260 Å². The highest BCUT2D eigenvalue weighted by atomic mass is 15.2. The molecule has 10 aromatic rings. The first kappa shape index (κ1) is 40.8. The van der Waals surface area contributed by atoms with E-state index in [0.29, 0.717) is 0 Å². The molecule has 1 unspecified atom stereocenters. The van der Waals surface area contributed by atoms with Gasteiger partial charge < -0.3 is 14.4 Å². The maximum absolute atomic E-state index is 5.39. The van der Waals surface area contributed by atoms with E-state index in [1.807, 2.05) is 0 Å². The number of allylic oxidation sites excluding steroid dienone is 4. The molecule has 4 nitrogen and oxygen atoms in total. The van der Waals surface area contributed by atoms with E-state index >= 15 is 0 Å². The van der Waals surface area contributed by atoms with E-state index in [1.165, 1.54) is 49.3 Å². The Morgan fingerprint density at radius 3 is 1.82 bits per heavy atom. The minimum atomic E-state index is 0.0218. The summed E-state index contributed by atoms with van der Waals surface area (Å²) in [5.41, 5.74) is 16.7. The number of amidine groups is 1. The van der Waals surface area contributed by atoms with Crippen LogP contribution in [0, 0.1) is 0 Å². The molecule has 1 atom stereocenters. The van der Waals surface area contributed by atoms with Gasteiger partial charge in [0.15, 0.2) is 0 Å². The van der Waals surface area contributed by atoms with Crippen molar-refractivity contribution in [1.29, 1.82) is 0 Å². The Balaban J connectivity index is 0.985. The highest BCUT2D eigenvalue weighted by Gasteiger charge is 2.27. The number of hydrogen-bond donors (Lipinski definition) is 0. The molecule has 0 bridgehead atoms. The molecule has 324 valence electrons. The van der Waals surface area contributed by atoms with Crippen LogP contribution >= 0.6 is 0 Å². The van der Waals surface area contributed by atoms with Crippen LogP contribution in [-0.2, 0) is 6.42 Å². The molecule has 12 rings (SSSR count). The summed E-state index contributed by atoms with van der Waals surface area (Å²) in [5.74, 6) is 0.954. The fourth-order valence-electron chi connectivity index (χ4n) is 10.3. The standard InChI is InChI=1S/C64H48N4/c1-44-20-6-3-7-21-47-24-12-17-31-60(47)67(44)51-40-50(41-52(42-51)68-61-32-18-15-29-57(61)58-30-16-19-33-62(58)68)45-34-36-46(37-35-45)53-38-39-56(55-28-14-13-27-54(53)55)59-43-63(48-22-8-4-9-23-48)66(2)64(65-59)49-25-10-5-11-26-49/h3-20,22-43,63H,1,21H2,2H3/b7-3-,20-6-. The minimum absolute atomic E-state index is 0.0218. The van der Waals surface area contributed by atoms with E-state index in [9.17, 15) is 0 Å². The normalized spacial score (nSPS) is 15.9. The summed E-state index contributed by atoms with van der Waals surface area (Å²) >= 11 is 0. The number of aliphatic imine (C=N–C) groups is 1. The first-order valence-corrected chi connectivity index (χ1v) is 23.4. The number of aromatic nitrogens is 1. The predicted molar refractivity (Wildman–Crippen MR) is 287 cm³/mol. The summed E-state index contributed by atoms with van der Waals surface area (Å²) in [5, 5.41) is 4.82. The van der Waals surface area contributed by atoms with E-state index in [-0.39, 0.29) is 6.04 Å². The fraction of sp³-hybridized carbons (Fsp3) is 0.0469. The largest absolute Gasteiger partial charge is 0.349 e. The van der Waals surface area contributed by atoms with Gasteiger partial charge in [-0.05, 0) is 99.1 Å². The Labute approximate surface area is 397 Å². The van der Waals surface area contributed by atoms with Gasteiger partial charge in [-0.1, -0.05) is 201 Å². The third-order valence-electron chi connectivity index (χ3n) is 13.6. The number of likely N-dealkylation sites (N-methyl/N-ethyl adjacent to an activating group) is 1. The molecular formula is C64H48N4. The zero-order chi connectivity index (χ0) is 45.6. The van der Waals surface area contributed by atoms with Gasteiger partial charge in [-0.2, -0.15) is 0 Å². The molecular weight excluding hydrogens is 825 g/mol. The van der Waals surface area contributed by atoms with E-state index in [4.69, 9.17) is 4.99 Å². The Morgan fingerprint density at radius 2 is 1.09 bits per heavy atom. The Hall–Kier alpha value is -8.73. The van der Waals surface area contributed by atoms with Crippen LogP contribution in [-0.4, -0.2) is 22.4 Å². The third kappa shape index (κ3) is 7.24. The highest BCUT2D eigenvalue weighted by Crippen LogP contribution is 2.42. The zero-order valence-electron chi connectivity index (χ0n) is 37.9. The van der Waals surface area contributed by atoms with Crippen molar-refractivity contribution in [3.05, 3.63) is 277 Å². The van der Waals surface area contributed by atoms with Gasteiger partial charge in [0.05, 0.1) is 22.8 Å². The molecule has 0 N–H and O–H groups in total. The zero-order valence-corrected chi connectivity index (χ0v) is 37.9. The smallest absolute Gasteiger partial charge is 0.137 e. The Kier molecular flexibility index (Phi) is 10.3. The van der Waals surface area contributed by atoms with Crippen molar-refractivity contribution in [3.8, 4) is 27.9 Å². The van der Waals surface area contributed by atoms with Crippen molar-refractivity contribution >= 4 is 55.5 Å². The summed E-state index contributed by atoms with van der Waals surface area (Å²) in [4.78, 5) is 10.00. The molecule has 1 aromatic heterocycles. The maximum Gasteiger partial charge on any atom is 0.137 e. The molecule has 0 aliphatic carbocycles. The number of rotatable bonds is 7. The Morgan fingerprint density at radius 1 is 0.500 bits per heavy atom. The van der Waals surface area contributed by atoms with Crippen molar-refractivity contribution in [2.45, 2.75) is 12.5 Å². The molecule has 68 heavy (non-hydrogen) atoms. The quantitative estimate of drug-likeness (QED) is 0.159. The highest BCUT2D eigenvalue weighted by molar-refractivity contribution is 6.10. The van der Waals surface area contributed by atoms with Gasteiger partial charge in [-0.15, -0.1) is 0 Å². The predicted octanol–water partition coefficient (Wildman–Crippen LogP) is 16.1. The molecule has 0 spiro atoms. The summed E-state index contributed by atoms with van der Waals surface area (Å²) in [6, 6.07) is 76.8. The Bertz CT molecular complexity index is 3630. The lowest BCUT2D eigenvalue weighted by Crippen LogP contribution is -2.33. The van der Waals surface area contributed by atoms with E-state index in [2.05, 4.69) is 271 Å². The van der Waals surface area contributed by atoms with Gasteiger partial charge in [-0.25, -0.2) is 4.99 Å². The lowest BCUT2D eigenvalue weighted by molar-refractivity contribution is 0.435. The summed E-state index contributed by atoms with van der Waals surface area (Å²) in [6.07, 6.45) is 11.7. The van der Waals surface area contributed by atoms with Crippen molar-refractivity contribution in [2.24, 2.45) is 4.99 Å². The first-order valence-electron chi connectivity index (χ1n) is 23.4. The van der Waals surface area contributed by atoms with Crippen molar-refractivity contribution in [2.75, 3.05) is 11.9 Å². The van der Waals surface area contributed by atoms with E-state index in [0.717, 1.165) is 68.5 Å². The van der Waals surface area contributed by atoms with Crippen LogP contribution in [0.5, 0.6) is 0 Å². The van der Waals surface area contributed by atoms with Gasteiger partial charge >= 0.3 is 0 Å². The molecule has 4 heteroatoms. The molecule has 2 aliphatic rings. The molecule has 9 aromatic carbocycles. The van der Waals surface area contributed by atoms with Crippen LogP contribution < -0.4 is 4.90 Å². The van der Waals surface area contributed by atoms with Crippen LogP contribution in [0.4, 0.5) is 11.4 Å². The molecule has 2 aliphatic heterocycles. The molecule has 0 amide bonds. The molecule has 0 saturated carbocycles. The average molecular weight is 873 g/mol. The number of nitrogens with zero attached hydrogens (tertiary/aromatic N) is 4. The van der Waals surface area contributed by atoms with E-state index < -0.39 is 0 Å². The lowest BCUT2D eigenvalue weighted by Gasteiger charge is -2.33. The maximum atomic E-state index is 5.39. The second-order valence-corrected chi connectivity index (χ2v) is 17.7. The first-order chi connectivity index (χ1) is 33.6. The van der Waals surface area contributed by atoms with Gasteiger partial charge in [0, 0.05) is 51.7 Å². The van der Waals surface area contributed by atoms with Gasteiger partial charge in [0.2, 0.25) is 0 Å². The molecule has 0 fully saturated rings. The van der Waals surface area contributed by atoms with Crippen LogP contribution in [0.3, 0.4) is 0 Å². The lowest BCUT2D eigenvalue weighted by atomic mass is 9.91. The van der Waals surface area contributed by atoms with Crippen LogP contribution in [0.25, 0.3) is 66.2 Å². The second-order valence-electron chi connectivity index (χ2n) is 17.7. The van der Waals surface area contributed by atoms with Gasteiger partial charge in [0.25, 0.3) is 0 Å². The molecule has 0 radical (unpaired) electrons. The van der Waals surface area contributed by atoms with Crippen molar-refractivity contribution in [1.82, 2.24) is 9.47 Å². The average Bonchev–Trinajstić information content (AvgIpc) is 3.77. The van der Waals surface area contributed by atoms with Gasteiger partial charge in [-0.3, -0.25) is 0 Å². The van der Waals surface area contributed by atoms with Gasteiger partial charge in [0.1, 0.15) is 5.84 Å². The van der Waals surface area contributed by atoms with E-state index in [1.54, 1.807) is 0 Å².